The van der Waals surface area contributed by atoms with Crippen LogP contribution in [0.5, 0.6) is 0 Å². The van der Waals surface area contributed by atoms with E-state index in [1.54, 1.807) is 25.1 Å². The molecule has 0 spiro atoms. The van der Waals surface area contributed by atoms with E-state index in [1.165, 1.54) is 6.07 Å². The van der Waals surface area contributed by atoms with Crippen LogP contribution >= 0.6 is 0 Å². The van der Waals surface area contributed by atoms with Crippen LogP contribution in [0.3, 0.4) is 0 Å². The van der Waals surface area contributed by atoms with Crippen molar-refractivity contribution >= 4 is 17.0 Å². The Bertz CT molecular complexity index is 409. The number of rotatable bonds is 5. The number of hydrogen-bond donors (Lipinski definition) is 1. The summed E-state index contributed by atoms with van der Waals surface area (Å²) in [5, 5.41) is 10.7. The van der Waals surface area contributed by atoms with Crippen molar-refractivity contribution in [3.05, 3.63) is 39.9 Å². The quantitative estimate of drug-likeness (QED) is 0.485. The third-order valence-corrected chi connectivity index (χ3v) is 2.42. The van der Waals surface area contributed by atoms with Crippen LogP contribution in [0.4, 0.5) is 5.69 Å². The van der Waals surface area contributed by atoms with Crippen LogP contribution in [0.25, 0.3) is 0 Å². The van der Waals surface area contributed by atoms with Crippen LogP contribution in [0.15, 0.2) is 24.3 Å². The maximum absolute atomic E-state index is 10.7. The number of nitrogens with zero attached hydrogens (tertiary/aromatic N) is 1. The molecule has 0 heterocycles. The van der Waals surface area contributed by atoms with Crippen LogP contribution in [-0.2, 0) is 15.5 Å². The van der Waals surface area contributed by atoms with Gasteiger partial charge in [-0.1, -0.05) is 25.1 Å². The molecular formula is C9H11NO5S. The Hall–Kier alpha value is -1.31. The Kier molecular flexibility index (Phi) is 4.53. The molecule has 0 aliphatic rings. The SMILES string of the molecule is CC(COS(=O)O)c1ccccc1[N+](=O)[O-]. The van der Waals surface area contributed by atoms with Gasteiger partial charge in [0, 0.05) is 17.5 Å². The average Bonchev–Trinajstić information content (AvgIpc) is 2.25. The third-order valence-electron chi connectivity index (χ3n) is 2.08. The Balaban J connectivity index is 2.85. The fourth-order valence-corrected chi connectivity index (χ4v) is 1.64. The van der Waals surface area contributed by atoms with Crippen molar-refractivity contribution in [1.82, 2.24) is 0 Å². The van der Waals surface area contributed by atoms with Crippen molar-refractivity contribution in [3.8, 4) is 0 Å². The first-order valence-corrected chi connectivity index (χ1v) is 5.53. The monoisotopic (exact) mass is 245 g/mol. The van der Waals surface area contributed by atoms with Crippen molar-refractivity contribution in [1.29, 1.82) is 0 Å². The number of para-hydroxylation sites is 1. The molecule has 0 saturated carbocycles. The van der Waals surface area contributed by atoms with Gasteiger partial charge < -0.3 is 0 Å². The molecule has 0 fully saturated rings. The summed E-state index contributed by atoms with van der Waals surface area (Å²) in [4.78, 5) is 10.2. The minimum atomic E-state index is -2.35. The molecule has 16 heavy (non-hydrogen) atoms. The third kappa shape index (κ3) is 3.37. The average molecular weight is 245 g/mol. The van der Waals surface area contributed by atoms with Crippen molar-refractivity contribution in [2.75, 3.05) is 6.61 Å². The zero-order chi connectivity index (χ0) is 12.1. The molecule has 0 aliphatic carbocycles. The molecule has 1 N–H and O–H groups in total. The van der Waals surface area contributed by atoms with Gasteiger partial charge in [0.25, 0.3) is 5.69 Å². The minimum Gasteiger partial charge on any atom is -0.284 e. The lowest BCUT2D eigenvalue weighted by atomic mass is 10.0. The van der Waals surface area contributed by atoms with Crippen molar-refractivity contribution < 1.29 is 17.9 Å². The van der Waals surface area contributed by atoms with E-state index < -0.39 is 16.3 Å². The van der Waals surface area contributed by atoms with E-state index in [-0.39, 0.29) is 18.2 Å². The summed E-state index contributed by atoms with van der Waals surface area (Å²) in [7, 11) is 0. The Labute approximate surface area is 94.9 Å². The molecule has 1 aromatic carbocycles. The van der Waals surface area contributed by atoms with Crippen LogP contribution in [0, 0.1) is 10.1 Å². The first-order chi connectivity index (χ1) is 7.52. The van der Waals surface area contributed by atoms with Gasteiger partial charge in [0.15, 0.2) is 0 Å². The van der Waals surface area contributed by atoms with E-state index in [4.69, 9.17) is 4.55 Å². The largest absolute Gasteiger partial charge is 0.301 e. The standard InChI is InChI=1S/C9H11NO5S/c1-7(6-15-16(13)14)8-4-2-3-5-9(8)10(11)12/h2-5,7H,6H2,1H3,(H,13,14). The van der Waals surface area contributed by atoms with E-state index in [2.05, 4.69) is 4.18 Å². The molecule has 0 aliphatic heterocycles. The molecule has 0 amide bonds. The number of hydrogen-bond acceptors (Lipinski definition) is 4. The minimum absolute atomic E-state index is 0.0117. The Morgan fingerprint density at radius 1 is 1.56 bits per heavy atom. The Morgan fingerprint density at radius 2 is 2.19 bits per heavy atom. The highest BCUT2D eigenvalue weighted by molar-refractivity contribution is 7.74. The van der Waals surface area contributed by atoms with Crippen molar-refractivity contribution in [2.45, 2.75) is 12.8 Å². The van der Waals surface area contributed by atoms with Gasteiger partial charge in [-0.2, -0.15) is 4.21 Å². The van der Waals surface area contributed by atoms with E-state index in [9.17, 15) is 14.3 Å². The van der Waals surface area contributed by atoms with Gasteiger partial charge in [-0.25, -0.2) is 0 Å². The molecule has 6 nitrogen and oxygen atoms in total. The van der Waals surface area contributed by atoms with Crippen LogP contribution in [0.2, 0.25) is 0 Å². The molecule has 88 valence electrons. The second-order valence-corrected chi connectivity index (χ2v) is 3.89. The highest BCUT2D eigenvalue weighted by Crippen LogP contribution is 2.26. The molecule has 2 atom stereocenters. The van der Waals surface area contributed by atoms with E-state index in [1.807, 2.05) is 0 Å². The second kappa shape index (κ2) is 5.69. The lowest BCUT2D eigenvalue weighted by Crippen LogP contribution is -2.08. The molecule has 0 aromatic heterocycles. The topological polar surface area (TPSA) is 89.7 Å². The van der Waals surface area contributed by atoms with Gasteiger partial charge in [-0.15, -0.1) is 0 Å². The highest BCUT2D eigenvalue weighted by Gasteiger charge is 2.18. The summed E-state index contributed by atoms with van der Waals surface area (Å²) >= 11 is -2.35. The molecule has 2 unspecified atom stereocenters. The highest BCUT2D eigenvalue weighted by atomic mass is 32.2. The van der Waals surface area contributed by atoms with Gasteiger partial charge in [-0.05, 0) is 0 Å². The summed E-state index contributed by atoms with van der Waals surface area (Å²) in [5.74, 6) is -0.322. The van der Waals surface area contributed by atoms with E-state index in [0.717, 1.165) is 0 Å². The molecule has 0 saturated heterocycles. The lowest BCUT2D eigenvalue weighted by molar-refractivity contribution is -0.385. The first kappa shape index (κ1) is 12.8. The maximum atomic E-state index is 10.7. The second-order valence-electron chi connectivity index (χ2n) is 3.22. The molecule has 1 rings (SSSR count). The van der Waals surface area contributed by atoms with Gasteiger partial charge in [0.05, 0.1) is 11.5 Å². The predicted octanol–water partition coefficient (Wildman–Crippen LogP) is 1.85. The van der Waals surface area contributed by atoms with Crippen LogP contribution < -0.4 is 0 Å². The molecule has 7 heteroatoms. The fourth-order valence-electron chi connectivity index (χ4n) is 1.32. The molecule has 0 radical (unpaired) electrons. The molecule has 0 bridgehead atoms. The van der Waals surface area contributed by atoms with E-state index >= 15 is 0 Å². The number of benzene rings is 1. The van der Waals surface area contributed by atoms with Crippen LogP contribution in [0.1, 0.15) is 18.4 Å². The normalized spacial score (nSPS) is 14.4. The summed E-state index contributed by atoms with van der Waals surface area (Å²) in [5.41, 5.74) is 0.472. The van der Waals surface area contributed by atoms with Gasteiger partial charge >= 0.3 is 11.4 Å². The summed E-state index contributed by atoms with van der Waals surface area (Å²) < 4.78 is 23.2. The summed E-state index contributed by atoms with van der Waals surface area (Å²) in [6, 6.07) is 6.24. The fraction of sp³-hybridized carbons (Fsp3) is 0.333. The summed E-state index contributed by atoms with van der Waals surface area (Å²) in [6.45, 7) is 1.64. The molecular weight excluding hydrogens is 234 g/mol. The lowest BCUT2D eigenvalue weighted by Gasteiger charge is -2.10. The van der Waals surface area contributed by atoms with Crippen molar-refractivity contribution in [2.24, 2.45) is 0 Å². The number of nitro benzene ring substituents is 1. The van der Waals surface area contributed by atoms with Gasteiger partial charge in [0.2, 0.25) is 0 Å². The first-order valence-electron chi connectivity index (χ1n) is 4.49. The van der Waals surface area contributed by atoms with Gasteiger partial charge in [-0.3, -0.25) is 18.9 Å². The van der Waals surface area contributed by atoms with E-state index in [0.29, 0.717) is 5.56 Å². The predicted molar refractivity (Wildman–Crippen MR) is 58.2 cm³/mol. The summed E-state index contributed by atoms with van der Waals surface area (Å²) in [6.07, 6.45) is 0. The smallest absolute Gasteiger partial charge is 0.284 e. The maximum Gasteiger partial charge on any atom is 0.301 e. The van der Waals surface area contributed by atoms with Crippen LogP contribution in [-0.4, -0.2) is 20.3 Å². The zero-order valence-corrected chi connectivity index (χ0v) is 9.35. The Morgan fingerprint density at radius 3 is 2.75 bits per heavy atom. The van der Waals surface area contributed by atoms with Crippen molar-refractivity contribution in [3.63, 3.8) is 0 Å². The number of nitro groups is 1. The zero-order valence-electron chi connectivity index (χ0n) is 8.53. The molecule has 1 aromatic rings. The van der Waals surface area contributed by atoms with Gasteiger partial charge in [0.1, 0.15) is 0 Å².